The van der Waals surface area contributed by atoms with E-state index in [0.717, 1.165) is 11.3 Å². The van der Waals surface area contributed by atoms with Crippen LogP contribution in [0.5, 0.6) is 23.0 Å². The Morgan fingerprint density at radius 2 is 1.96 bits per heavy atom. The van der Waals surface area contributed by atoms with Gasteiger partial charge in [0.1, 0.15) is 6.07 Å². The first kappa shape index (κ1) is 17.5. The molecular weight excluding hydrogens is 362 g/mol. The van der Waals surface area contributed by atoms with E-state index in [0.29, 0.717) is 29.7 Å². The zero-order valence-corrected chi connectivity index (χ0v) is 15.1. The van der Waals surface area contributed by atoms with Crippen molar-refractivity contribution >= 4 is 5.88 Å². The Hall–Kier alpha value is -3.86. The third-order valence-corrected chi connectivity index (χ3v) is 4.09. The van der Waals surface area contributed by atoms with Crippen molar-refractivity contribution in [1.82, 2.24) is 4.98 Å². The fourth-order valence-electron chi connectivity index (χ4n) is 2.73. The Morgan fingerprint density at radius 1 is 1.14 bits per heavy atom. The molecule has 0 amide bonds. The highest BCUT2D eigenvalue weighted by atomic mass is 16.7. The van der Waals surface area contributed by atoms with Crippen LogP contribution in [0.25, 0.3) is 0 Å². The largest absolute Gasteiger partial charge is 0.493 e. The SMILES string of the molecule is COc1ccccc1OCc1nc(C#N)c(NCc2ccc3c(c2)OCO3)o1. The molecule has 1 aliphatic heterocycles. The first-order valence-electron chi connectivity index (χ1n) is 8.55. The Morgan fingerprint density at radius 3 is 2.79 bits per heavy atom. The summed E-state index contributed by atoms with van der Waals surface area (Å²) in [5, 5.41) is 12.4. The summed E-state index contributed by atoms with van der Waals surface area (Å²) < 4.78 is 27.3. The summed E-state index contributed by atoms with van der Waals surface area (Å²) in [5.41, 5.74) is 1.12. The molecule has 2 aromatic carbocycles. The number of oxazole rings is 1. The van der Waals surface area contributed by atoms with Crippen LogP contribution in [0, 0.1) is 11.3 Å². The van der Waals surface area contributed by atoms with Crippen LogP contribution in [0.1, 0.15) is 17.1 Å². The van der Waals surface area contributed by atoms with E-state index in [1.54, 1.807) is 19.2 Å². The molecule has 8 heteroatoms. The summed E-state index contributed by atoms with van der Waals surface area (Å²) >= 11 is 0. The third-order valence-electron chi connectivity index (χ3n) is 4.09. The number of anilines is 1. The van der Waals surface area contributed by atoms with Gasteiger partial charge < -0.3 is 28.7 Å². The van der Waals surface area contributed by atoms with Gasteiger partial charge in [-0.3, -0.25) is 0 Å². The number of aromatic nitrogens is 1. The molecular formula is C20H17N3O5. The molecule has 1 aromatic heterocycles. The molecule has 4 rings (SSSR count). The van der Waals surface area contributed by atoms with Gasteiger partial charge in [-0.25, -0.2) is 0 Å². The van der Waals surface area contributed by atoms with Gasteiger partial charge in [-0.15, -0.1) is 0 Å². The number of rotatable bonds is 7. The molecule has 142 valence electrons. The lowest BCUT2D eigenvalue weighted by molar-refractivity contribution is 0.174. The molecule has 1 aliphatic rings. The fraction of sp³-hybridized carbons (Fsp3) is 0.200. The molecule has 0 fully saturated rings. The molecule has 0 aliphatic carbocycles. The number of para-hydroxylation sites is 2. The lowest BCUT2D eigenvalue weighted by Crippen LogP contribution is -2.00. The van der Waals surface area contributed by atoms with E-state index in [-0.39, 0.29) is 25.0 Å². The van der Waals surface area contributed by atoms with Gasteiger partial charge in [-0.2, -0.15) is 10.2 Å². The monoisotopic (exact) mass is 379 g/mol. The van der Waals surface area contributed by atoms with E-state index in [1.165, 1.54) is 0 Å². The lowest BCUT2D eigenvalue weighted by atomic mass is 10.2. The van der Waals surface area contributed by atoms with E-state index >= 15 is 0 Å². The molecule has 1 N–H and O–H groups in total. The minimum atomic E-state index is 0.0702. The molecule has 0 unspecified atom stereocenters. The van der Waals surface area contributed by atoms with Crippen molar-refractivity contribution in [3.8, 4) is 29.1 Å². The smallest absolute Gasteiger partial charge is 0.236 e. The molecule has 0 saturated carbocycles. The highest BCUT2D eigenvalue weighted by Crippen LogP contribution is 2.33. The van der Waals surface area contributed by atoms with Crippen molar-refractivity contribution in [2.75, 3.05) is 19.2 Å². The summed E-state index contributed by atoms with van der Waals surface area (Å²) in [5.74, 6) is 3.17. The maximum absolute atomic E-state index is 9.31. The predicted molar refractivity (Wildman–Crippen MR) is 98.4 cm³/mol. The summed E-state index contributed by atoms with van der Waals surface area (Å²) in [6, 6.07) is 14.9. The molecule has 0 saturated heterocycles. The first-order valence-corrected chi connectivity index (χ1v) is 8.55. The van der Waals surface area contributed by atoms with Gasteiger partial charge in [-0.05, 0) is 29.8 Å². The van der Waals surface area contributed by atoms with Gasteiger partial charge in [0.05, 0.1) is 7.11 Å². The number of hydrogen-bond acceptors (Lipinski definition) is 8. The summed E-state index contributed by atoms with van der Waals surface area (Å²) in [6.07, 6.45) is 0. The Labute approximate surface area is 161 Å². The van der Waals surface area contributed by atoms with Crippen LogP contribution in [0.2, 0.25) is 0 Å². The number of ether oxygens (including phenoxy) is 4. The van der Waals surface area contributed by atoms with E-state index in [4.69, 9.17) is 23.4 Å². The number of benzene rings is 2. The molecule has 0 atom stereocenters. The van der Waals surface area contributed by atoms with Gasteiger partial charge >= 0.3 is 0 Å². The number of nitriles is 1. The number of fused-ring (bicyclic) bond motifs is 1. The molecule has 8 nitrogen and oxygen atoms in total. The molecule has 0 radical (unpaired) electrons. The summed E-state index contributed by atoms with van der Waals surface area (Å²) in [6.45, 7) is 0.733. The highest BCUT2D eigenvalue weighted by Gasteiger charge is 2.16. The molecule has 2 heterocycles. The normalized spacial score (nSPS) is 11.7. The van der Waals surface area contributed by atoms with Crippen molar-refractivity contribution in [1.29, 1.82) is 5.26 Å². The predicted octanol–water partition coefficient (Wildman–Crippen LogP) is 3.47. The van der Waals surface area contributed by atoms with E-state index in [9.17, 15) is 5.26 Å². The first-order chi connectivity index (χ1) is 13.8. The Kier molecular flexibility index (Phi) is 4.89. The van der Waals surface area contributed by atoms with Crippen LogP contribution in [0.15, 0.2) is 46.9 Å². The lowest BCUT2D eigenvalue weighted by Gasteiger charge is -2.08. The summed E-state index contributed by atoms with van der Waals surface area (Å²) in [7, 11) is 1.57. The minimum absolute atomic E-state index is 0.0702. The third kappa shape index (κ3) is 3.64. The van der Waals surface area contributed by atoms with E-state index in [2.05, 4.69) is 10.3 Å². The van der Waals surface area contributed by atoms with Crippen molar-refractivity contribution in [3.05, 3.63) is 59.6 Å². The van der Waals surface area contributed by atoms with Gasteiger partial charge in [0.25, 0.3) is 0 Å². The Balaban J connectivity index is 1.42. The standard InChI is InChI=1S/C20H17N3O5/c1-24-15-4-2-3-5-16(15)25-11-19-23-14(9-21)20(28-19)22-10-13-6-7-17-18(8-13)27-12-26-17/h2-8,22H,10-12H2,1H3. The second-order valence-electron chi connectivity index (χ2n) is 5.88. The number of methoxy groups -OCH3 is 1. The van der Waals surface area contributed by atoms with Gasteiger partial charge in [0.15, 0.2) is 29.6 Å². The quantitative estimate of drug-likeness (QED) is 0.666. The zero-order valence-electron chi connectivity index (χ0n) is 15.1. The van der Waals surface area contributed by atoms with Crippen LogP contribution in [-0.4, -0.2) is 18.9 Å². The molecule has 0 spiro atoms. The number of nitrogens with zero attached hydrogens (tertiary/aromatic N) is 2. The summed E-state index contributed by atoms with van der Waals surface area (Å²) in [4.78, 5) is 4.17. The van der Waals surface area contributed by atoms with Crippen LogP contribution < -0.4 is 24.3 Å². The average Bonchev–Trinajstić information content (AvgIpc) is 3.36. The maximum Gasteiger partial charge on any atom is 0.236 e. The number of nitrogens with one attached hydrogen (secondary N) is 1. The zero-order chi connectivity index (χ0) is 19.3. The van der Waals surface area contributed by atoms with E-state index in [1.807, 2.05) is 36.4 Å². The Bertz CT molecular complexity index is 1020. The maximum atomic E-state index is 9.31. The van der Waals surface area contributed by atoms with Gasteiger partial charge in [0, 0.05) is 6.54 Å². The van der Waals surface area contributed by atoms with Crippen LogP contribution in [0.3, 0.4) is 0 Å². The van der Waals surface area contributed by atoms with Crippen LogP contribution in [-0.2, 0) is 13.2 Å². The molecule has 0 bridgehead atoms. The minimum Gasteiger partial charge on any atom is -0.493 e. The second-order valence-corrected chi connectivity index (χ2v) is 5.88. The van der Waals surface area contributed by atoms with Gasteiger partial charge in [0.2, 0.25) is 24.3 Å². The van der Waals surface area contributed by atoms with Crippen molar-refractivity contribution in [2.45, 2.75) is 13.2 Å². The molecule has 3 aromatic rings. The number of hydrogen-bond donors (Lipinski definition) is 1. The average molecular weight is 379 g/mol. The van der Waals surface area contributed by atoms with Crippen LogP contribution in [0.4, 0.5) is 5.88 Å². The van der Waals surface area contributed by atoms with Crippen molar-refractivity contribution in [3.63, 3.8) is 0 Å². The van der Waals surface area contributed by atoms with Crippen molar-refractivity contribution in [2.24, 2.45) is 0 Å². The van der Waals surface area contributed by atoms with Crippen molar-refractivity contribution < 1.29 is 23.4 Å². The molecule has 28 heavy (non-hydrogen) atoms. The van der Waals surface area contributed by atoms with Gasteiger partial charge in [-0.1, -0.05) is 18.2 Å². The highest BCUT2D eigenvalue weighted by molar-refractivity contribution is 5.48. The van der Waals surface area contributed by atoms with Crippen LogP contribution >= 0.6 is 0 Å². The topological polar surface area (TPSA) is 98.8 Å². The fourth-order valence-corrected chi connectivity index (χ4v) is 2.73. The second kappa shape index (κ2) is 7.80. The van der Waals surface area contributed by atoms with E-state index < -0.39 is 0 Å².